The average molecular weight is 413 g/mol. The third-order valence-electron chi connectivity index (χ3n) is 4.13. The molecule has 25 heavy (non-hydrogen) atoms. The van der Waals surface area contributed by atoms with Crippen molar-refractivity contribution in [2.24, 2.45) is 0 Å². The van der Waals surface area contributed by atoms with Gasteiger partial charge in [-0.2, -0.15) is 0 Å². The predicted molar refractivity (Wildman–Crippen MR) is 103 cm³/mol. The quantitative estimate of drug-likeness (QED) is 0.739. The summed E-state index contributed by atoms with van der Waals surface area (Å²) in [6.45, 7) is 13.4. The van der Waals surface area contributed by atoms with Crippen LogP contribution in [-0.2, 0) is 11.3 Å². The molecule has 140 valence electrons. The molecule has 1 saturated heterocycles. The van der Waals surface area contributed by atoms with E-state index in [4.69, 9.17) is 9.47 Å². The second kappa shape index (κ2) is 8.41. The third-order valence-corrected chi connectivity index (χ3v) is 4.75. The lowest BCUT2D eigenvalue weighted by Crippen LogP contribution is -2.54. The molecule has 0 bridgehead atoms. The summed E-state index contributed by atoms with van der Waals surface area (Å²) < 4.78 is 12.3. The first-order chi connectivity index (χ1) is 11.7. The Kier molecular flexibility index (Phi) is 6.74. The summed E-state index contributed by atoms with van der Waals surface area (Å²) in [5, 5.41) is 0. The number of amides is 1. The van der Waals surface area contributed by atoms with Gasteiger partial charge in [-0.25, -0.2) is 4.79 Å². The molecule has 0 unspecified atom stereocenters. The highest BCUT2D eigenvalue weighted by molar-refractivity contribution is 9.10. The number of rotatable bonds is 4. The zero-order valence-corrected chi connectivity index (χ0v) is 17.4. The van der Waals surface area contributed by atoms with Gasteiger partial charge in [0, 0.05) is 37.8 Å². The molecule has 1 heterocycles. The molecule has 0 radical (unpaired) electrons. The van der Waals surface area contributed by atoms with E-state index in [9.17, 15) is 4.79 Å². The highest BCUT2D eigenvalue weighted by Crippen LogP contribution is 2.31. The number of para-hydroxylation sites is 1. The lowest BCUT2D eigenvalue weighted by molar-refractivity contribution is 0.00449. The first-order valence-corrected chi connectivity index (χ1v) is 9.62. The minimum atomic E-state index is -0.458. The van der Waals surface area contributed by atoms with E-state index in [1.165, 1.54) is 0 Å². The molecule has 1 fully saturated rings. The number of piperazine rings is 1. The second-order valence-corrected chi connectivity index (χ2v) is 8.26. The molecular formula is C19H29BrN2O3. The summed E-state index contributed by atoms with van der Waals surface area (Å²) >= 11 is 3.57. The van der Waals surface area contributed by atoms with Gasteiger partial charge in [-0.15, -0.1) is 0 Å². The molecule has 0 N–H and O–H groups in total. The fourth-order valence-corrected chi connectivity index (χ4v) is 3.45. The molecular weight excluding hydrogens is 384 g/mol. The van der Waals surface area contributed by atoms with Crippen molar-refractivity contribution in [3.8, 4) is 5.75 Å². The van der Waals surface area contributed by atoms with Crippen LogP contribution in [-0.4, -0.2) is 53.8 Å². The van der Waals surface area contributed by atoms with E-state index in [-0.39, 0.29) is 12.1 Å². The summed E-state index contributed by atoms with van der Waals surface area (Å²) in [6, 6.07) is 6.39. The van der Waals surface area contributed by atoms with E-state index in [1.54, 1.807) is 4.90 Å². The number of ether oxygens (including phenoxy) is 2. The molecule has 0 saturated carbocycles. The Bertz CT molecular complexity index is 601. The van der Waals surface area contributed by atoms with Gasteiger partial charge >= 0.3 is 6.09 Å². The van der Waals surface area contributed by atoms with Crippen LogP contribution in [0.3, 0.4) is 0 Å². The minimum Gasteiger partial charge on any atom is -0.492 e. The van der Waals surface area contributed by atoms with Crippen molar-refractivity contribution in [2.75, 3.05) is 26.2 Å². The van der Waals surface area contributed by atoms with Crippen molar-refractivity contribution in [3.05, 3.63) is 28.2 Å². The van der Waals surface area contributed by atoms with E-state index < -0.39 is 5.60 Å². The Morgan fingerprint density at radius 3 is 2.64 bits per heavy atom. The lowest BCUT2D eigenvalue weighted by Gasteiger charge is -2.40. The van der Waals surface area contributed by atoms with Gasteiger partial charge in [0.25, 0.3) is 0 Å². The summed E-state index contributed by atoms with van der Waals surface area (Å²) in [7, 11) is 0. The van der Waals surface area contributed by atoms with Gasteiger partial charge < -0.3 is 14.4 Å². The van der Waals surface area contributed by atoms with Crippen LogP contribution >= 0.6 is 15.9 Å². The van der Waals surface area contributed by atoms with Crippen LogP contribution in [0, 0.1) is 0 Å². The Balaban J connectivity index is 2.01. The van der Waals surface area contributed by atoms with Crippen molar-refractivity contribution < 1.29 is 14.3 Å². The monoisotopic (exact) mass is 412 g/mol. The number of carbonyl (C=O) groups excluding carboxylic acids is 1. The fraction of sp³-hybridized carbons (Fsp3) is 0.632. The van der Waals surface area contributed by atoms with Crippen LogP contribution in [0.4, 0.5) is 4.79 Å². The van der Waals surface area contributed by atoms with Gasteiger partial charge in [0.05, 0.1) is 11.1 Å². The van der Waals surface area contributed by atoms with Crippen molar-refractivity contribution >= 4 is 22.0 Å². The van der Waals surface area contributed by atoms with Crippen LogP contribution < -0.4 is 4.74 Å². The number of carbonyl (C=O) groups is 1. The molecule has 0 aromatic heterocycles. The zero-order valence-electron chi connectivity index (χ0n) is 15.8. The summed E-state index contributed by atoms with van der Waals surface area (Å²) in [4.78, 5) is 16.4. The van der Waals surface area contributed by atoms with Gasteiger partial charge in [0.2, 0.25) is 0 Å². The first kappa shape index (κ1) is 20.0. The fourth-order valence-electron chi connectivity index (χ4n) is 2.93. The average Bonchev–Trinajstić information content (AvgIpc) is 2.51. The largest absolute Gasteiger partial charge is 0.492 e. The van der Waals surface area contributed by atoms with Gasteiger partial charge in [-0.3, -0.25) is 4.90 Å². The predicted octanol–water partition coefficient (Wildman–Crippen LogP) is 4.29. The van der Waals surface area contributed by atoms with Crippen LogP contribution in [0.25, 0.3) is 0 Å². The van der Waals surface area contributed by atoms with E-state index >= 15 is 0 Å². The molecule has 2 rings (SSSR count). The number of hydrogen-bond donors (Lipinski definition) is 0. The van der Waals surface area contributed by atoms with Crippen molar-refractivity contribution in [1.29, 1.82) is 0 Å². The number of hydrogen-bond acceptors (Lipinski definition) is 4. The Morgan fingerprint density at radius 1 is 1.32 bits per heavy atom. The molecule has 0 spiro atoms. The third kappa shape index (κ3) is 5.61. The van der Waals surface area contributed by atoms with Gasteiger partial charge in [-0.05, 0) is 56.6 Å². The summed E-state index contributed by atoms with van der Waals surface area (Å²) in [6.07, 6.45) is -0.225. The minimum absolute atomic E-state index is 0.225. The highest BCUT2D eigenvalue weighted by atomic mass is 79.9. The van der Waals surface area contributed by atoms with Crippen molar-refractivity contribution in [2.45, 2.75) is 52.8 Å². The summed E-state index contributed by atoms with van der Waals surface area (Å²) in [5.74, 6) is 0.909. The first-order valence-electron chi connectivity index (χ1n) is 8.83. The van der Waals surface area contributed by atoms with Crippen LogP contribution in [0.2, 0.25) is 0 Å². The molecule has 5 nitrogen and oxygen atoms in total. The van der Waals surface area contributed by atoms with Crippen LogP contribution in [0.5, 0.6) is 5.75 Å². The van der Waals surface area contributed by atoms with Crippen molar-refractivity contribution in [3.63, 3.8) is 0 Å². The Hall–Kier alpha value is -1.27. The van der Waals surface area contributed by atoms with E-state index in [0.29, 0.717) is 19.7 Å². The van der Waals surface area contributed by atoms with Crippen LogP contribution in [0.1, 0.15) is 40.2 Å². The molecule has 1 atom stereocenters. The molecule has 1 aliphatic heterocycles. The maximum Gasteiger partial charge on any atom is 0.410 e. The van der Waals surface area contributed by atoms with Gasteiger partial charge in [-0.1, -0.05) is 12.1 Å². The molecule has 1 aliphatic rings. The van der Waals surface area contributed by atoms with Gasteiger partial charge in [0.15, 0.2) is 0 Å². The maximum absolute atomic E-state index is 12.3. The molecule has 1 aromatic rings. The number of nitrogens with zero attached hydrogens (tertiary/aromatic N) is 2. The topological polar surface area (TPSA) is 42.0 Å². The van der Waals surface area contributed by atoms with Crippen LogP contribution in [0.15, 0.2) is 22.7 Å². The Labute approximate surface area is 159 Å². The Morgan fingerprint density at radius 2 is 2.04 bits per heavy atom. The highest BCUT2D eigenvalue weighted by Gasteiger charge is 2.30. The summed E-state index contributed by atoms with van der Waals surface area (Å²) in [5.41, 5.74) is 0.703. The molecule has 0 aliphatic carbocycles. The van der Waals surface area contributed by atoms with Gasteiger partial charge in [0.1, 0.15) is 11.4 Å². The molecule has 1 aromatic carbocycles. The van der Waals surface area contributed by atoms with E-state index in [2.05, 4.69) is 33.8 Å². The van der Waals surface area contributed by atoms with E-state index in [0.717, 1.165) is 28.9 Å². The maximum atomic E-state index is 12.3. The zero-order chi connectivity index (χ0) is 18.6. The molecule has 6 heteroatoms. The standard InChI is InChI=1S/C19H29BrN2O3/c1-6-24-17-15(8-7-9-16(17)20)13-21-10-11-22(12-14(21)2)18(23)25-19(3,4)5/h7-9,14H,6,10-13H2,1-5H3/t14-/m0/s1. The normalized spacial score (nSPS) is 19.0. The second-order valence-electron chi connectivity index (χ2n) is 7.41. The number of benzene rings is 1. The SMILES string of the molecule is CCOc1c(Br)cccc1CN1CCN(C(=O)OC(C)(C)C)C[C@@H]1C. The molecule has 1 amide bonds. The number of halogens is 1. The smallest absolute Gasteiger partial charge is 0.410 e. The van der Waals surface area contributed by atoms with E-state index in [1.807, 2.05) is 39.8 Å². The lowest BCUT2D eigenvalue weighted by atomic mass is 10.1. The van der Waals surface area contributed by atoms with Crippen molar-refractivity contribution in [1.82, 2.24) is 9.80 Å².